The summed E-state index contributed by atoms with van der Waals surface area (Å²) in [6, 6.07) is 96.5. The summed E-state index contributed by atoms with van der Waals surface area (Å²) in [6.07, 6.45) is 0. The molecular weight excluding hydrogens is 789 g/mol. The summed E-state index contributed by atoms with van der Waals surface area (Å²) in [5.41, 5.74) is 17.0. The lowest BCUT2D eigenvalue weighted by Crippen LogP contribution is -2.09. The molecule has 4 heteroatoms. The van der Waals surface area contributed by atoms with Crippen molar-refractivity contribution in [2.45, 2.75) is 6.92 Å². The normalized spacial score (nSPS) is 10.8. The van der Waals surface area contributed by atoms with Crippen LogP contribution >= 0.6 is 0 Å². The number of fused-ring (bicyclic) bond motifs is 1. The second-order valence-corrected chi connectivity index (χ2v) is 15.9. The van der Waals surface area contributed by atoms with E-state index in [2.05, 4.69) is 281 Å². The number of benzene rings is 9. The smallest absolute Gasteiger partial charge is 0.0724 e. The minimum absolute atomic E-state index is 1.10. The Morgan fingerprint density at radius 2 is 0.508 bits per heavy atom. The molecule has 9 aromatic carbocycles. The van der Waals surface area contributed by atoms with Gasteiger partial charge in [0.2, 0.25) is 0 Å². The SMILES string of the molecule is Cc1ccccc1.c1ccc(N(c2ccccc2)c2ccc(-c3cc4c(cc(-c5ccc(N(c6ccccc6)c6ccccc6)cc5)n4-c4ccccc4)n3-c3ccccc3)cc2)cc1. The minimum Gasteiger partial charge on any atom is -0.311 e. The second-order valence-electron chi connectivity index (χ2n) is 15.9. The Balaban J connectivity index is 0.000000652. The third kappa shape index (κ3) is 8.62. The average molecular weight is 837 g/mol. The highest BCUT2D eigenvalue weighted by molar-refractivity contribution is 5.94. The average Bonchev–Trinajstić information content (AvgIpc) is 3.94. The molecule has 0 aliphatic rings. The van der Waals surface area contributed by atoms with Crippen LogP contribution in [0.25, 0.3) is 44.9 Å². The molecule has 0 saturated heterocycles. The van der Waals surface area contributed by atoms with Crippen molar-refractivity contribution in [3.8, 4) is 33.9 Å². The van der Waals surface area contributed by atoms with Crippen LogP contribution in [-0.2, 0) is 0 Å². The zero-order valence-electron chi connectivity index (χ0n) is 36.3. The van der Waals surface area contributed by atoms with Gasteiger partial charge in [-0.15, -0.1) is 0 Å². The Bertz CT molecular complexity index is 2920. The van der Waals surface area contributed by atoms with Gasteiger partial charge < -0.3 is 18.9 Å². The molecule has 2 aromatic heterocycles. The lowest BCUT2D eigenvalue weighted by atomic mass is 10.1. The van der Waals surface area contributed by atoms with Gasteiger partial charge in [0.05, 0.1) is 22.4 Å². The van der Waals surface area contributed by atoms with Crippen LogP contribution < -0.4 is 9.80 Å². The molecule has 0 bridgehead atoms. The number of anilines is 6. The van der Waals surface area contributed by atoms with Gasteiger partial charge >= 0.3 is 0 Å². The highest BCUT2D eigenvalue weighted by atomic mass is 15.1. The first kappa shape index (κ1) is 40.5. The van der Waals surface area contributed by atoms with Gasteiger partial charge in [-0.1, -0.05) is 169 Å². The molecular formula is C61H48N4. The maximum absolute atomic E-state index is 2.40. The summed E-state index contributed by atoms with van der Waals surface area (Å²) in [7, 11) is 0. The third-order valence-electron chi connectivity index (χ3n) is 11.6. The molecule has 0 aliphatic heterocycles. The van der Waals surface area contributed by atoms with E-state index in [4.69, 9.17) is 0 Å². The van der Waals surface area contributed by atoms with Crippen LogP contribution in [0.3, 0.4) is 0 Å². The molecule has 4 nitrogen and oxygen atoms in total. The monoisotopic (exact) mass is 836 g/mol. The number of hydrogen-bond donors (Lipinski definition) is 0. The molecule has 0 spiro atoms. The van der Waals surface area contributed by atoms with Gasteiger partial charge in [0.15, 0.2) is 0 Å². The van der Waals surface area contributed by atoms with Gasteiger partial charge in [-0.3, -0.25) is 0 Å². The van der Waals surface area contributed by atoms with Crippen LogP contribution in [0.2, 0.25) is 0 Å². The molecule has 0 fully saturated rings. The summed E-state index contributed by atoms with van der Waals surface area (Å²) in [4.78, 5) is 4.60. The highest BCUT2D eigenvalue weighted by Crippen LogP contribution is 2.42. The highest BCUT2D eigenvalue weighted by Gasteiger charge is 2.22. The van der Waals surface area contributed by atoms with Gasteiger partial charge in [0.1, 0.15) is 0 Å². The fourth-order valence-corrected chi connectivity index (χ4v) is 8.59. The first-order valence-corrected chi connectivity index (χ1v) is 22.1. The zero-order valence-corrected chi connectivity index (χ0v) is 36.3. The number of para-hydroxylation sites is 6. The lowest BCUT2D eigenvalue weighted by Gasteiger charge is -2.25. The summed E-state index contributed by atoms with van der Waals surface area (Å²) >= 11 is 0. The molecule has 11 aromatic rings. The Hall–Kier alpha value is -8.60. The maximum Gasteiger partial charge on any atom is 0.0724 e. The van der Waals surface area contributed by atoms with E-state index >= 15 is 0 Å². The van der Waals surface area contributed by atoms with Crippen LogP contribution in [0.5, 0.6) is 0 Å². The molecule has 0 atom stereocenters. The van der Waals surface area contributed by atoms with E-state index in [1.807, 2.05) is 18.2 Å². The van der Waals surface area contributed by atoms with E-state index in [9.17, 15) is 0 Å². The topological polar surface area (TPSA) is 16.3 Å². The summed E-state index contributed by atoms with van der Waals surface area (Å²) in [5.74, 6) is 0. The van der Waals surface area contributed by atoms with Crippen LogP contribution in [0, 0.1) is 6.92 Å². The summed E-state index contributed by atoms with van der Waals surface area (Å²) in [6.45, 7) is 2.08. The molecule has 0 amide bonds. The number of rotatable bonds is 10. The first-order valence-electron chi connectivity index (χ1n) is 22.1. The number of hydrogen-bond acceptors (Lipinski definition) is 2. The van der Waals surface area contributed by atoms with Crippen molar-refractivity contribution in [2.75, 3.05) is 9.80 Å². The Labute approximate surface area is 381 Å². The van der Waals surface area contributed by atoms with Crippen molar-refractivity contribution in [3.63, 3.8) is 0 Å². The zero-order chi connectivity index (χ0) is 43.8. The number of aromatic nitrogens is 2. The van der Waals surface area contributed by atoms with Gasteiger partial charge in [-0.25, -0.2) is 0 Å². The molecule has 0 aliphatic carbocycles. The van der Waals surface area contributed by atoms with Crippen LogP contribution in [0.1, 0.15) is 5.56 Å². The first-order chi connectivity index (χ1) is 32.2. The van der Waals surface area contributed by atoms with Crippen molar-refractivity contribution in [1.82, 2.24) is 9.13 Å². The van der Waals surface area contributed by atoms with Crippen molar-refractivity contribution in [1.29, 1.82) is 0 Å². The van der Waals surface area contributed by atoms with Crippen LogP contribution in [-0.4, -0.2) is 9.13 Å². The van der Waals surface area contributed by atoms with E-state index in [1.165, 1.54) is 5.56 Å². The van der Waals surface area contributed by atoms with E-state index < -0.39 is 0 Å². The largest absolute Gasteiger partial charge is 0.311 e. The van der Waals surface area contributed by atoms with E-state index in [1.54, 1.807) is 0 Å². The van der Waals surface area contributed by atoms with Gasteiger partial charge in [-0.05, 0) is 127 Å². The fraction of sp³-hybridized carbons (Fsp3) is 0.0164. The van der Waals surface area contributed by atoms with Crippen molar-refractivity contribution >= 4 is 45.2 Å². The molecule has 11 rings (SSSR count). The second kappa shape index (κ2) is 18.8. The molecule has 0 unspecified atom stereocenters. The van der Waals surface area contributed by atoms with E-state index in [0.717, 1.165) is 79.0 Å². The third-order valence-corrected chi connectivity index (χ3v) is 11.6. The van der Waals surface area contributed by atoms with Crippen LogP contribution in [0.15, 0.2) is 273 Å². The predicted octanol–water partition coefficient (Wildman–Crippen LogP) is 16.7. The Morgan fingerprint density at radius 3 is 0.769 bits per heavy atom. The molecule has 0 saturated carbocycles. The van der Waals surface area contributed by atoms with Gasteiger partial charge in [0.25, 0.3) is 0 Å². The fourth-order valence-electron chi connectivity index (χ4n) is 8.59. The Kier molecular flexibility index (Phi) is 11.7. The quantitative estimate of drug-likeness (QED) is 0.136. The van der Waals surface area contributed by atoms with E-state index in [-0.39, 0.29) is 0 Å². The maximum atomic E-state index is 2.40. The van der Waals surface area contributed by atoms with Crippen LogP contribution in [0.4, 0.5) is 34.1 Å². The molecule has 0 radical (unpaired) electrons. The number of aryl methyl sites for hydroxylation is 1. The molecule has 312 valence electrons. The summed E-state index contributed by atoms with van der Waals surface area (Å²) < 4.78 is 4.81. The van der Waals surface area contributed by atoms with Crippen molar-refractivity contribution < 1.29 is 0 Å². The van der Waals surface area contributed by atoms with Crippen molar-refractivity contribution in [3.05, 3.63) is 279 Å². The van der Waals surface area contributed by atoms with Gasteiger partial charge in [-0.2, -0.15) is 0 Å². The lowest BCUT2D eigenvalue weighted by molar-refractivity contribution is 1.13. The number of nitrogens with zero attached hydrogens (tertiary/aromatic N) is 4. The molecule has 2 heterocycles. The minimum atomic E-state index is 1.10. The van der Waals surface area contributed by atoms with E-state index in [0.29, 0.717) is 0 Å². The van der Waals surface area contributed by atoms with Gasteiger partial charge in [0, 0.05) is 45.5 Å². The van der Waals surface area contributed by atoms with Crippen molar-refractivity contribution in [2.24, 2.45) is 0 Å². The standard InChI is InChI=1S/C54H40N4.C7H8/c1-7-19-43(20-8-1)55(44-21-9-2-10-22-44)49-35-31-41(32-36-49)51-39-53-54(57(51)47-27-15-5-16-28-47)40-52(58(53)48-29-17-6-18-30-48)42-33-37-50(38-34-42)56(45-23-11-3-12-24-45)46-25-13-4-14-26-46;1-7-5-3-2-4-6-7/h1-40H;2-6H,1H3. The summed E-state index contributed by atoms with van der Waals surface area (Å²) in [5, 5.41) is 0. The Morgan fingerprint density at radius 1 is 0.262 bits per heavy atom. The molecule has 0 N–H and O–H groups in total. The molecule has 65 heavy (non-hydrogen) atoms. The predicted molar refractivity (Wildman–Crippen MR) is 274 cm³/mol.